The maximum Gasteiger partial charge on any atom is 0.222 e. The normalized spacial score (nSPS) is 30.7. The van der Waals surface area contributed by atoms with Crippen molar-refractivity contribution in [2.24, 2.45) is 5.92 Å². The van der Waals surface area contributed by atoms with Gasteiger partial charge < -0.3 is 15.0 Å². The first kappa shape index (κ1) is 16.1. The van der Waals surface area contributed by atoms with Crippen molar-refractivity contribution >= 4 is 18.3 Å². The van der Waals surface area contributed by atoms with Gasteiger partial charge in [0.25, 0.3) is 0 Å². The second-order valence-electron chi connectivity index (χ2n) is 6.23. The van der Waals surface area contributed by atoms with Crippen LogP contribution in [0.25, 0.3) is 0 Å². The Hall–Kier alpha value is -0.320. The zero-order chi connectivity index (χ0) is 13.1. The third-order valence-electron chi connectivity index (χ3n) is 5.03. The van der Waals surface area contributed by atoms with Crippen LogP contribution in [0.3, 0.4) is 0 Å². The fourth-order valence-electron chi connectivity index (χ4n) is 3.88. The molecule has 116 valence electrons. The summed E-state index contributed by atoms with van der Waals surface area (Å²) in [7, 11) is 0. The summed E-state index contributed by atoms with van der Waals surface area (Å²) in [5.74, 6) is 1.13. The van der Waals surface area contributed by atoms with Crippen molar-refractivity contribution in [1.82, 2.24) is 10.2 Å². The molecule has 2 aliphatic heterocycles. The van der Waals surface area contributed by atoms with E-state index in [1.54, 1.807) is 0 Å². The number of nitrogens with one attached hydrogen (secondary N) is 1. The van der Waals surface area contributed by atoms with Crippen molar-refractivity contribution in [2.45, 2.75) is 57.1 Å². The molecule has 3 aliphatic rings. The molecule has 3 fully saturated rings. The van der Waals surface area contributed by atoms with Crippen LogP contribution in [0.4, 0.5) is 0 Å². The predicted octanol–water partition coefficient (Wildman–Crippen LogP) is 1.97. The molecule has 0 aromatic heterocycles. The van der Waals surface area contributed by atoms with Crippen molar-refractivity contribution in [3.63, 3.8) is 0 Å². The lowest BCUT2D eigenvalue weighted by Crippen LogP contribution is -2.51. The molecule has 0 bridgehead atoms. The molecule has 5 heteroatoms. The molecular formula is C15H27ClN2O2. The van der Waals surface area contributed by atoms with Gasteiger partial charge in [-0.25, -0.2) is 0 Å². The van der Waals surface area contributed by atoms with Crippen molar-refractivity contribution in [2.75, 3.05) is 26.2 Å². The number of hydrogen-bond donors (Lipinski definition) is 1. The van der Waals surface area contributed by atoms with Crippen LogP contribution >= 0.6 is 12.4 Å². The molecule has 4 nitrogen and oxygen atoms in total. The van der Waals surface area contributed by atoms with E-state index in [0.717, 1.165) is 57.8 Å². The van der Waals surface area contributed by atoms with E-state index in [-0.39, 0.29) is 12.4 Å². The van der Waals surface area contributed by atoms with E-state index < -0.39 is 0 Å². The van der Waals surface area contributed by atoms with Gasteiger partial charge in [-0.2, -0.15) is 0 Å². The monoisotopic (exact) mass is 302 g/mol. The number of fused-ring (bicyclic) bond motifs is 1. The maximum absolute atomic E-state index is 12.4. The number of rotatable bonds is 3. The number of halogens is 1. The molecule has 1 aliphatic carbocycles. The van der Waals surface area contributed by atoms with Crippen LogP contribution in [-0.2, 0) is 9.53 Å². The summed E-state index contributed by atoms with van der Waals surface area (Å²) in [6.07, 6.45) is 8.13. The minimum Gasteiger partial charge on any atom is -0.374 e. The van der Waals surface area contributed by atoms with Crippen LogP contribution < -0.4 is 5.32 Å². The van der Waals surface area contributed by atoms with Crippen LogP contribution in [0.15, 0.2) is 0 Å². The average Bonchev–Trinajstić information content (AvgIpc) is 2.94. The summed E-state index contributed by atoms with van der Waals surface area (Å²) < 4.78 is 5.77. The van der Waals surface area contributed by atoms with Gasteiger partial charge in [-0.05, 0) is 57.5 Å². The summed E-state index contributed by atoms with van der Waals surface area (Å²) in [5, 5.41) is 3.38. The third kappa shape index (κ3) is 3.66. The van der Waals surface area contributed by atoms with E-state index in [1.807, 2.05) is 0 Å². The number of piperidine rings is 1. The van der Waals surface area contributed by atoms with Gasteiger partial charge in [0.1, 0.15) is 0 Å². The van der Waals surface area contributed by atoms with Crippen molar-refractivity contribution < 1.29 is 9.53 Å². The molecule has 0 radical (unpaired) electrons. The smallest absolute Gasteiger partial charge is 0.222 e. The van der Waals surface area contributed by atoms with Crippen LogP contribution in [0.2, 0.25) is 0 Å². The van der Waals surface area contributed by atoms with Crippen molar-refractivity contribution in [3.05, 3.63) is 0 Å². The Bertz CT molecular complexity index is 321. The maximum atomic E-state index is 12.4. The van der Waals surface area contributed by atoms with Gasteiger partial charge in [-0.1, -0.05) is 0 Å². The largest absolute Gasteiger partial charge is 0.374 e. The third-order valence-corrected chi connectivity index (χ3v) is 5.03. The minimum atomic E-state index is 0. The molecule has 2 atom stereocenters. The van der Waals surface area contributed by atoms with Crippen LogP contribution in [0, 0.1) is 5.92 Å². The van der Waals surface area contributed by atoms with E-state index in [9.17, 15) is 4.79 Å². The van der Waals surface area contributed by atoms with E-state index in [4.69, 9.17) is 4.74 Å². The SMILES string of the molecule is Cl.O=C(CCC1CCNCC1)N1CCOC2CCCC21. The van der Waals surface area contributed by atoms with Crippen LogP contribution in [0.5, 0.6) is 0 Å². The Balaban J connectivity index is 0.00000147. The number of carbonyl (C=O) groups is 1. The second-order valence-corrected chi connectivity index (χ2v) is 6.23. The number of amides is 1. The fraction of sp³-hybridized carbons (Fsp3) is 0.933. The Morgan fingerprint density at radius 2 is 2.00 bits per heavy atom. The van der Waals surface area contributed by atoms with E-state index in [1.165, 1.54) is 19.3 Å². The summed E-state index contributed by atoms with van der Waals surface area (Å²) in [6.45, 7) is 3.80. The molecule has 2 heterocycles. The first-order chi connectivity index (χ1) is 9.34. The van der Waals surface area contributed by atoms with E-state index in [2.05, 4.69) is 10.2 Å². The summed E-state index contributed by atoms with van der Waals surface area (Å²) in [5.41, 5.74) is 0. The highest BCUT2D eigenvalue weighted by Crippen LogP contribution is 2.30. The number of morpholine rings is 1. The number of nitrogens with zero attached hydrogens (tertiary/aromatic N) is 1. The minimum absolute atomic E-state index is 0. The zero-order valence-electron chi connectivity index (χ0n) is 12.2. The zero-order valence-corrected chi connectivity index (χ0v) is 13.0. The first-order valence-electron chi connectivity index (χ1n) is 7.96. The van der Waals surface area contributed by atoms with Gasteiger partial charge >= 0.3 is 0 Å². The quantitative estimate of drug-likeness (QED) is 0.866. The average molecular weight is 303 g/mol. The lowest BCUT2D eigenvalue weighted by atomic mass is 9.93. The lowest BCUT2D eigenvalue weighted by molar-refractivity contribution is -0.144. The van der Waals surface area contributed by atoms with Gasteiger partial charge in [-0.15, -0.1) is 12.4 Å². The summed E-state index contributed by atoms with van der Waals surface area (Å²) in [4.78, 5) is 14.6. The Labute approximate surface area is 128 Å². The Kier molecular flexibility index (Phi) is 6.12. The fourth-order valence-corrected chi connectivity index (χ4v) is 3.88. The molecule has 2 saturated heterocycles. The van der Waals surface area contributed by atoms with Gasteiger partial charge in [0.05, 0.1) is 18.8 Å². The van der Waals surface area contributed by atoms with Crippen LogP contribution in [-0.4, -0.2) is 49.2 Å². The number of hydrogen-bond acceptors (Lipinski definition) is 3. The van der Waals surface area contributed by atoms with Crippen LogP contribution in [0.1, 0.15) is 44.9 Å². The molecule has 0 aromatic rings. The summed E-state index contributed by atoms with van der Waals surface area (Å²) in [6, 6.07) is 0.384. The Morgan fingerprint density at radius 3 is 2.80 bits per heavy atom. The highest BCUT2D eigenvalue weighted by Gasteiger charge is 2.38. The predicted molar refractivity (Wildman–Crippen MR) is 81.2 cm³/mol. The number of ether oxygens (including phenoxy) is 1. The molecule has 3 rings (SSSR count). The van der Waals surface area contributed by atoms with Gasteiger partial charge in [0, 0.05) is 13.0 Å². The number of carbonyl (C=O) groups excluding carboxylic acids is 1. The molecule has 1 amide bonds. The second kappa shape index (κ2) is 7.62. The molecule has 0 spiro atoms. The molecular weight excluding hydrogens is 276 g/mol. The highest BCUT2D eigenvalue weighted by atomic mass is 35.5. The van der Waals surface area contributed by atoms with Gasteiger partial charge in [-0.3, -0.25) is 4.79 Å². The highest BCUT2D eigenvalue weighted by molar-refractivity contribution is 5.85. The topological polar surface area (TPSA) is 41.6 Å². The molecule has 20 heavy (non-hydrogen) atoms. The first-order valence-corrected chi connectivity index (χ1v) is 7.96. The molecule has 1 saturated carbocycles. The van der Waals surface area contributed by atoms with Gasteiger partial charge in [0.2, 0.25) is 5.91 Å². The standard InChI is InChI=1S/C15H26N2O2.ClH/c18-15(5-4-12-6-8-16-9-7-12)17-10-11-19-14-3-1-2-13(14)17;/h12-14,16H,1-11H2;1H. The van der Waals surface area contributed by atoms with Crippen molar-refractivity contribution in [1.29, 1.82) is 0 Å². The van der Waals surface area contributed by atoms with Gasteiger partial charge in [0.15, 0.2) is 0 Å². The molecule has 1 N–H and O–H groups in total. The molecule has 0 aromatic carbocycles. The Morgan fingerprint density at radius 1 is 1.20 bits per heavy atom. The van der Waals surface area contributed by atoms with E-state index >= 15 is 0 Å². The lowest BCUT2D eigenvalue weighted by Gasteiger charge is -2.38. The molecule has 2 unspecified atom stereocenters. The summed E-state index contributed by atoms with van der Waals surface area (Å²) >= 11 is 0. The van der Waals surface area contributed by atoms with E-state index in [0.29, 0.717) is 18.1 Å². The van der Waals surface area contributed by atoms with Crippen molar-refractivity contribution in [3.8, 4) is 0 Å².